The molecule has 0 aliphatic carbocycles. The first-order valence-corrected chi connectivity index (χ1v) is 7.54. The zero-order valence-corrected chi connectivity index (χ0v) is 12.6. The van der Waals surface area contributed by atoms with Crippen molar-refractivity contribution in [1.29, 1.82) is 0 Å². The van der Waals surface area contributed by atoms with Gasteiger partial charge in [0.1, 0.15) is 0 Å². The lowest BCUT2D eigenvalue weighted by Gasteiger charge is -2.15. The first kappa shape index (κ1) is 13.6. The van der Waals surface area contributed by atoms with Gasteiger partial charge in [-0.1, -0.05) is 79.7 Å². The summed E-state index contributed by atoms with van der Waals surface area (Å²) in [6.07, 6.45) is 1.06. The van der Waals surface area contributed by atoms with E-state index in [0.29, 0.717) is 0 Å². The Kier molecular flexibility index (Phi) is 3.87. The molecule has 0 fully saturated rings. The molecule has 0 aliphatic rings. The number of rotatable bonds is 3. The van der Waals surface area contributed by atoms with E-state index in [2.05, 4.69) is 86.6 Å². The van der Waals surface area contributed by atoms with E-state index in [-0.39, 0.29) is 0 Å². The topological polar surface area (TPSA) is 0 Å². The van der Waals surface area contributed by atoms with Crippen LogP contribution in [0.25, 0.3) is 22.3 Å². The molecule has 0 aliphatic heterocycles. The average molecular weight is 272 g/mol. The predicted octanol–water partition coefficient (Wildman–Crippen LogP) is 5.89. The maximum absolute atomic E-state index is 2.33. The lowest BCUT2D eigenvalue weighted by Crippen LogP contribution is -1.92. The van der Waals surface area contributed by atoms with Gasteiger partial charge in [-0.2, -0.15) is 0 Å². The highest BCUT2D eigenvalue weighted by atomic mass is 14.1. The normalized spacial score (nSPS) is 10.6. The number of aryl methyl sites for hydroxylation is 1. The van der Waals surface area contributed by atoms with Crippen LogP contribution in [-0.4, -0.2) is 0 Å². The number of benzene rings is 3. The highest BCUT2D eigenvalue weighted by Crippen LogP contribution is 2.33. The molecule has 0 nitrogen and oxygen atoms in total. The van der Waals surface area contributed by atoms with Crippen molar-refractivity contribution in [2.45, 2.75) is 20.3 Å². The van der Waals surface area contributed by atoms with E-state index in [1.54, 1.807) is 0 Å². The van der Waals surface area contributed by atoms with Crippen molar-refractivity contribution >= 4 is 0 Å². The standard InChI is InChI=1S/C21H20/c1-3-17-14-20(18-10-6-4-7-11-18)16(2)21(15-17)19-12-8-5-9-13-19/h4-15H,3H2,1-2H3. The monoisotopic (exact) mass is 272 g/mol. The van der Waals surface area contributed by atoms with Crippen molar-refractivity contribution < 1.29 is 0 Å². The van der Waals surface area contributed by atoms with Crippen LogP contribution < -0.4 is 0 Å². The van der Waals surface area contributed by atoms with Crippen LogP contribution in [0.3, 0.4) is 0 Å². The Labute approximate surface area is 127 Å². The number of hydrogen-bond acceptors (Lipinski definition) is 0. The van der Waals surface area contributed by atoms with Gasteiger partial charge in [-0.05, 0) is 46.7 Å². The highest BCUT2D eigenvalue weighted by molar-refractivity contribution is 5.79. The molecule has 0 saturated heterocycles. The lowest BCUT2D eigenvalue weighted by molar-refractivity contribution is 1.14. The molecule has 104 valence electrons. The Morgan fingerprint density at radius 2 is 1.10 bits per heavy atom. The van der Waals surface area contributed by atoms with Crippen molar-refractivity contribution in [1.82, 2.24) is 0 Å². The molecule has 3 aromatic carbocycles. The van der Waals surface area contributed by atoms with Gasteiger partial charge in [0.25, 0.3) is 0 Å². The van der Waals surface area contributed by atoms with Crippen molar-refractivity contribution in [3.05, 3.63) is 83.9 Å². The van der Waals surface area contributed by atoms with Crippen LogP contribution in [0.15, 0.2) is 72.8 Å². The van der Waals surface area contributed by atoms with E-state index in [1.165, 1.54) is 33.4 Å². The molecule has 0 bridgehead atoms. The minimum atomic E-state index is 1.06. The molecule has 3 aromatic rings. The van der Waals surface area contributed by atoms with E-state index in [1.807, 2.05) is 0 Å². The van der Waals surface area contributed by atoms with Gasteiger partial charge in [0.2, 0.25) is 0 Å². The molecule has 0 amide bonds. The summed E-state index contributed by atoms with van der Waals surface area (Å²) in [6.45, 7) is 4.44. The van der Waals surface area contributed by atoms with Crippen LogP contribution in [0, 0.1) is 6.92 Å². The Morgan fingerprint density at radius 1 is 0.667 bits per heavy atom. The fourth-order valence-corrected chi connectivity index (χ4v) is 2.81. The zero-order valence-electron chi connectivity index (χ0n) is 12.6. The predicted molar refractivity (Wildman–Crippen MR) is 91.4 cm³/mol. The van der Waals surface area contributed by atoms with E-state index >= 15 is 0 Å². The van der Waals surface area contributed by atoms with E-state index in [4.69, 9.17) is 0 Å². The molecule has 0 heteroatoms. The smallest absolute Gasteiger partial charge is 0.0146 e. The van der Waals surface area contributed by atoms with E-state index in [9.17, 15) is 0 Å². The summed E-state index contributed by atoms with van der Waals surface area (Å²) in [6, 6.07) is 26.0. The average Bonchev–Trinajstić information content (AvgIpc) is 2.57. The Bertz CT molecular complexity index is 664. The van der Waals surface area contributed by atoms with Crippen LogP contribution in [0.2, 0.25) is 0 Å². The molecular formula is C21H20. The van der Waals surface area contributed by atoms with Gasteiger partial charge in [-0.3, -0.25) is 0 Å². The third kappa shape index (κ3) is 2.75. The molecule has 0 radical (unpaired) electrons. The Hall–Kier alpha value is -2.34. The van der Waals surface area contributed by atoms with Gasteiger partial charge >= 0.3 is 0 Å². The quantitative estimate of drug-likeness (QED) is 0.557. The van der Waals surface area contributed by atoms with Crippen molar-refractivity contribution in [2.75, 3.05) is 0 Å². The third-order valence-electron chi connectivity index (χ3n) is 4.05. The van der Waals surface area contributed by atoms with Gasteiger partial charge in [0.05, 0.1) is 0 Å². The molecule has 3 rings (SSSR count). The van der Waals surface area contributed by atoms with Crippen LogP contribution in [-0.2, 0) is 6.42 Å². The van der Waals surface area contributed by atoms with Crippen LogP contribution in [0.5, 0.6) is 0 Å². The van der Waals surface area contributed by atoms with Gasteiger partial charge in [-0.15, -0.1) is 0 Å². The molecular weight excluding hydrogens is 252 g/mol. The summed E-state index contributed by atoms with van der Waals surface area (Å²) in [5, 5.41) is 0. The SMILES string of the molecule is CCc1cc(-c2ccccc2)c(C)c(-c2ccccc2)c1. The fourth-order valence-electron chi connectivity index (χ4n) is 2.81. The summed E-state index contributed by atoms with van der Waals surface area (Å²) in [4.78, 5) is 0. The molecule has 0 aromatic heterocycles. The third-order valence-corrected chi connectivity index (χ3v) is 4.05. The summed E-state index contributed by atoms with van der Waals surface area (Å²) >= 11 is 0. The van der Waals surface area contributed by atoms with Crippen LogP contribution in [0.4, 0.5) is 0 Å². The van der Waals surface area contributed by atoms with Crippen LogP contribution in [0.1, 0.15) is 18.1 Å². The fraction of sp³-hybridized carbons (Fsp3) is 0.143. The molecule has 0 heterocycles. The van der Waals surface area contributed by atoms with Crippen molar-refractivity contribution in [3.63, 3.8) is 0 Å². The van der Waals surface area contributed by atoms with Crippen molar-refractivity contribution in [3.8, 4) is 22.3 Å². The minimum Gasteiger partial charge on any atom is -0.0622 e. The Morgan fingerprint density at radius 3 is 1.48 bits per heavy atom. The minimum absolute atomic E-state index is 1.06. The van der Waals surface area contributed by atoms with Crippen molar-refractivity contribution in [2.24, 2.45) is 0 Å². The second-order valence-corrected chi connectivity index (χ2v) is 5.40. The summed E-state index contributed by atoms with van der Waals surface area (Å²) in [5.41, 5.74) is 8.01. The maximum atomic E-state index is 2.33. The first-order chi connectivity index (χ1) is 10.3. The molecule has 0 saturated carbocycles. The summed E-state index contributed by atoms with van der Waals surface area (Å²) in [7, 11) is 0. The second-order valence-electron chi connectivity index (χ2n) is 5.40. The molecule has 21 heavy (non-hydrogen) atoms. The van der Waals surface area contributed by atoms with Gasteiger partial charge in [-0.25, -0.2) is 0 Å². The molecule has 0 spiro atoms. The van der Waals surface area contributed by atoms with E-state index < -0.39 is 0 Å². The van der Waals surface area contributed by atoms with Crippen LogP contribution >= 0.6 is 0 Å². The lowest BCUT2D eigenvalue weighted by atomic mass is 9.90. The van der Waals surface area contributed by atoms with E-state index in [0.717, 1.165) is 6.42 Å². The maximum Gasteiger partial charge on any atom is -0.0146 e. The number of hydrogen-bond donors (Lipinski definition) is 0. The Balaban J connectivity index is 2.23. The molecule has 0 atom stereocenters. The first-order valence-electron chi connectivity index (χ1n) is 7.54. The molecule has 0 unspecified atom stereocenters. The van der Waals surface area contributed by atoms with Gasteiger partial charge in [0, 0.05) is 0 Å². The zero-order chi connectivity index (χ0) is 14.7. The van der Waals surface area contributed by atoms with Gasteiger partial charge < -0.3 is 0 Å². The summed E-state index contributed by atoms with van der Waals surface area (Å²) < 4.78 is 0. The summed E-state index contributed by atoms with van der Waals surface area (Å²) in [5.74, 6) is 0. The molecule has 0 N–H and O–H groups in total. The second kappa shape index (κ2) is 5.97. The largest absolute Gasteiger partial charge is 0.0622 e. The van der Waals surface area contributed by atoms with Gasteiger partial charge in [0.15, 0.2) is 0 Å². The highest BCUT2D eigenvalue weighted by Gasteiger charge is 2.10.